The van der Waals surface area contributed by atoms with Gasteiger partial charge in [-0.15, -0.1) is 0 Å². The highest BCUT2D eigenvalue weighted by Crippen LogP contribution is 2.33. The Morgan fingerprint density at radius 2 is 0.707 bits per heavy atom. The van der Waals surface area contributed by atoms with Crippen LogP contribution in [0.4, 0.5) is 88.8 Å². The topological polar surface area (TPSA) is 361 Å². The Morgan fingerprint density at radius 1 is 0.386 bits per heavy atom. The Hall–Kier alpha value is -16.5. The van der Waals surface area contributed by atoms with Gasteiger partial charge in [0, 0.05) is 158 Å². The zero-order valence-corrected chi connectivity index (χ0v) is 80.8. The number of halogens is 5. The van der Waals surface area contributed by atoms with E-state index >= 15 is 0 Å². The third-order valence-electron chi connectivity index (χ3n) is 20.3. The Morgan fingerprint density at radius 3 is 1.07 bits per heavy atom. The Bertz CT molecular complexity index is 7180. The first-order chi connectivity index (χ1) is 66.2. The average molecular weight is 1920 g/mol. The van der Waals surface area contributed by atoms with Crippen LogP contribution in [0.15, 0.2) is 267 Å². The monoisotopic (exact) mass is 1920 g/mol. The number of pyridine rings is 6. The summed E-state index contributed by atoms with van der Waals surface area (Å²) in [5.74, 6) is -2.32. The molecular formula is C105H106BClF4N16O13. The Kier molecular flexibility index (Phi) is 35.7. The lowest BCUT2D eigenvalue weighted by molar-refractivity contribution is -0.577. The molecule has 0 aliphatic rings. The number of carbonyl (C=O) groups excluding carboxylic acids is 7. The van der Waals surface area contributed by atoms with Gasteiger partial charge in [-0.1, -0.05) is 60.1 Å². The van der Waals surface area contributed by atoms with Gasteiger partial charge in [-0.05, 0) is 262 Å². The van der Waals surface area contributed by atoms with Crippen LogP contribution in [0.5, 0.6) is 0 Å². The number of ether oxygens (including phenoxy) is 3. The first kappa shape index (κ1) is 106. The van der Waals surface area contributed by atoms with Gasteiger partial charge in [0.05, 0.1) is 67.4 Å². The van der Waals surface area contributed by atoms with Gasteiger partial charge in [-0.2, -0.15) is 4.73 Å². The van der Waals surface area contributed by atoms with Gasteiger partial charge in [-0.3, -0.25) is 40.1 Å². The van der Waals surface area contributed by atoms with Crippen LogP contribution in [0.25, 0.3) is 99.2 Å². The molecule has 7 N–H and O–H groups in total. The van der Waals surface area contributed by atoms with Crippen LogP contribution in [0.1, 0.15) is 62.3 Å². The van der Waals surface area contributed by atoms with Gasteiger partial charge in [-0.25, -0.2) is 51.9 Å². The molecule has 16 rings (SSSR count). The molecule has 0 fully saturated rings. The molecule has 0 atom stereocenters. The van der Waals surface area contributed by atoms with E-state index in [9.17, 15) is 56.3 Å². The van der Waals surface area contributed by atoms with E-state index in [0.717, 1.165) is 142 Å². The molecule has 0 saturated carbocycles. The van der Waals surface area contributed by atoms with Crippen LogP contribution >= 0.6 is 11.6 Å². The molecule has 140 heavy (non-hydrogen) atoms. The molecule has 6 heterocycles. The molecule has 0 spiro atoms. The lowest BCUT2D eigenvalue weighted by atomic mass is 9.80. The van der Waals surface area contributed by atoms with Gasteiger partial charge in [0.2, 0.25) is 31.2 Å². The van der Waals surface area contributed by atoms with Crippen LogP contribution in [-0.4, -0.2) is 159 Å². The summed E-state index contributed by atoms with van der Waals surface area (Å²) in [5.41, 5.74) is 17.8. The number of hydrogen-bond acceptors (Lipinski definition) is 21. The minimum atomic E-state index is -1.75. The molecule has 0 radical (unpaired) electrons. The zero-order chi connectivity index (χ0) is 102. The van der Waals surface area contributed by atoms with E-state index in [1.165, 1.54) is 68.3 Å². The predicted octanol–water partition coefficient (Wildman–Crippen LogP) is 20.4. The minimum absolute atomic E-state index is 0.00207. The van der Waals surface area contributed by atoms with E-state index in [-0.39, 0.29) is 28.2 Å². The molecule has 0 saturated heterocycles. The molecule has 0 aliphatic carbocycles. The van der Waals surface area contributed by atoms with Crippen molar-refractivity contribution in [3.05, 3.63) is 301 Å². The lowest BCUT2D eigenvalue weighted by Gasteiger charge is -2.20. The average Bonchev–Trinajstić information content (AvgIpc) is 0.803. The third-order valence-corrected chi connectivity index (χ3v) is 20.5. The Balaban J connectivity index is 0.000000171. The second-order valence-electron chi connectivity index (χ2n) is 35.0. The van der Waals surface area contributed by atoms with Crippen molar-refractivity contribution in [2.75, 3.05) is 107 Å². The largest absolute Gasteiger partial charge is 0.618 e. The van der Waals surface area contributed by atoms with Gasteiger partial charge < -0.3 is 64.6 Å². The summed E-state index contributed by atoms with van der Waals surface area (Å²) in [4.78, 5) is 110. The van der Waals surface area contributed by atoms with Crippen molar-refractivity contribution in [2.45, 2.75) is 79.1 Å². The van der Waals surface area contributed by atoms with Crippen LogP contribution < -0.4 is 61.3 Å². The van der Waals surface area contributed by atoms with Crippen molar-refractivity contribution in [3.63, 3.8) is 0 Å². The first-order valence-corrected chi connectivity index (χ1v) is 43.8. The van der Waals surface area contributed by atoms with E-state index in [1.54, 1.807) is 163 Å². The number of nitrogens with zero attached hydrogens (tertiary/aromatic N) is 12. The quantitative estimate of drug-likeness (QED) is 0.00721. The number of fused-ring (bicyclic) bond motifs is 6. The van der Waals surface area contributed by atoms with E-state index in [0.29, 0.717) is 33.2 Å². The number of carbonyl (C=O) groups is 7. The van der Waals surface area contributed by atoms with Crippen LogP contribution in [0.3, 0.4) is 0 Å². The second-order valence-corrected chi connectivity index (χ2v) is 35.3. The number of nitrogen functional groups attached to an aromatic ring is 1. The van der Waals surface area contributed by atoms with Crippen molar-refractivity contribution in [3.8, 4) is 33.8 Å². The molecule has 7 amide bonds. The van der Waals surface area contributed by atoms with Crippen molar-refractivity contribution in [2.24, 2.45) is 0 Å². The number of benzene rings is 10. The van der Waals surface area contributed by atoms with Crippen LogP contribution in [0, 0.1) is 28.5 Å². The van der Waals surface area contributed by atoms with Crippen molar-refractivity contribution in [1.29, 1.82) is 0 Å². The predicted molar refractivity (Wildman–Crippen MR) is 550 cm³/mol. The molecular weight excluding hydrogens is 1820 g/mol. The number of nitrogens with two attached hydrogens (primary N) is 1. The molecule has 6 aromatic heterocycles. The highest BCUT2D eigenvalue weighted by Gasteiger charge is 2.23. The van der Waals surface area contributed by atoms with Gasteiger partial charge >= 0.3 is 25.4 Å². The second kappa shape index (κ2) is 47.3. The van der Waals surface area contributed by atoms with Crippen molar-refractivity contribution >= 4 is 190 Å². The summed E-state index contributed by atoms with van der Waals surface area (Å²) in [7, 11) is 13.0. The highest BCUT2D eigenvalue weighted by molar-refractivity contribution is 6.58. The van der Waals surface area contributed by atoms with Crippen molar-refractivity contribution < 1.29 is 80.1 Å². The maximum atomic E-state index is 14.5. The van der Waals surface area contributed by atoms with Gasteiger partial charge in [0.25, 0.3) is 0 Å². The van der Waals surface area contributed by atoms with Crippen LogP contribution in [-0.2, 0) is 33.4 Å². The summed E-state index contributed by atoms with van der Waals surface area (Å²) in [6.45, 7) is 15.5. The molecule has 0 aliphatic heterocycles. The number of rotatable bonds is 17. The summed E-state index contributed by atoms with van der Waals surface area (Å²) in [6.07, 6.45) is 4.04. The maximum absolute atomic E-state index is 14.5. The summed E-state index contributed by atoms with van der Waals surface area (Å²) in [6, 6.07) is 73.7. The summed E-state index contributed by atoms with van der Waals surface area (Å²) in [5, 5.41) is 42.4. The molecule has 35 heteroatoms. The van der Waals surface area contributed by atoms with Crippen LogP contribution in [0.2, 0.25) is 5.15 Å². The van der Waals surface area contributed by atoms with E-state index < -0.39 is 65.5 Å². The smallest absolute Gasteiger partial charge is 0.488 e. The zero-order valence-electron chi connectivity index (χ0n) is 80.0. The Labute approximate surface area is 812 Å². The van der Waals surface area contributed by atoms with Gasteiger partial charge in [0.1, 0.15) is 45.2 Å². The first-order valence-electron chi connectivity index (χ1n) is 43.4. The maximum Gasteiger partial charge on any atom is 0.488 e. The SMILES string of the molecule is CC(C)(C)OC(=O)Nc1ccc(B(O)O)cc1F.CN(C)c1ccc2nc(-c3ccc(N)c(F)c3)ccc2c1.CN(C)c1ccc2nc(-c3ccc(NC(=O)OC(C)(C)C)c(F)c3)ccc2c1.CN(C=O)c1ccc2c(ccc[n+]2[O-])c1.CN(C=O)c1ccc2nc(-c3ccc(NC(=O)OC(C)(C)C)c(F)c3)ccc2c1.CN(C=O)c1ccc2nc(Cl)ccc2c1.CN(C=O)c1ccc2ncccc2c1. The van der Waals surface area contributed by atoms with Gasteiger partial charge in [0.15, 0.2) is 6.20 Å². The molecule has 29 nitrogen and oxygen atoms in total. The third kappa shape index (κ3) is 30.3. The molecule has 0 unspecified atom stereocenters. The lowest BCUT2D eigenvalue weighted by Crippen LogP contribution is -2.31. The fourth-order valence-electron chi connectivity index (χ4n) is 13.1. The fourth-order valence-corrected chi connectivity index (χ4v) is 13.3. The number of aromatic nitrogens is 6. The van der Waals surface area contributed by atoms with E-state index in [2.05, 4.69) is 53.0 Å². The summed E-state index contributed by atoms with van der Waals surface area (Å²) >= 11 is 5.77. The molecule has 0 bridgehead atoms. The molecule has 16 aromatic rings. The number of nitrogens with one attached hydrogen (secondary N) is 3. The van der Waals surface area contributed by atoms with E-state index in [4.69, 9.17) is 41.6 Å². The van der Waals surface area contributed by atoms with E-state index in [1.807, 2.05) is 165 Å². The standard InChI is InChI=1S/C22H22FN3O3.C22H24FN3O2.C17H16FN3.C11H15BFNO4.C11H9ClN2O.C11H10N2O2.C11H10N2O/c1-22(2,3)29-21(28)25-20-9-6-15(12-17(20)23)18-8-5-14-11-16(26(4)13-27)7-10-19(14)24-18;1-22(2,3)28-21(27)25-20-10-7-15(13-17(20)23)18-9-6-14-12-16(26(4)5)8-11-19(14)24-18;1-21(2)13-5-8-17-11(9-13)4-7-16(20-17)12-3-6-15(19)14(18)10-12;1-11(2,3)18-10(15)14-9-5-4-7(12(16)17)6-8(9)13;1-14(7-15)9-3-4-10-8(6-9)2-5-11(12)13-10;1-12(8-14)10-4-5-11-9(7-10)3-2-6-13(11)15;1-13(8-14)10-4-5-11-9(7-10)3-2-6-12-11/h5-13H,1-4H3,(H,25,28);6-13H,1-5H3,(H,25,27);3-10H,19H2,1-2H3;4-6,16-17H,1-3H3,(H,14,15);2-7H,1H3;2-8H,1H3;2-8H,1H3. The number of anilines is 10. The number of hydrogen-bond donors (Lipinski definition) is 6. The minimum Gasteiger partial charge on any atom is -0.618 e. The summed E-state index contributed by atoms with van der Waals surface area (Å²) < 4.78 is 72.1. The highest BCUT2D eigenvalue weighted by atomic mass is 35.5. The number of amides is 7. The molecule has 10 aromatic carbocycles. The van der Waals surface area contributed by atoms with Crippen molar-refractivity contribution in [1.82, 2.24) is 24.9 Å². The molecule has 722 valence electrons. The normalized spacial score (nSPS) is 10.8. The fraction of sp³-hybridized carbons (Fsp3) is 0.190.